The van der Waals surface area contributed by atoms with Gasteiger partial charge in [-0.15, -0.1) is 0 Å². The number of nitrogens with one attached hydrogen (secondary N) is 1. The molecule has 0 aliphatic heterocycles. The van der Waals surface area contributed by atoms with Crippen LogP contribution in [0, 0.1) is 10.1 Å². The molecule has 1 unspecified atom stereocenters. The highest BCUT2D eigenvalue weighted by molar-refractivity contribution is 6.32. The summed E-state index contributed by atoms with van der Waals surface area (Å²) in [7, 11) is 0. The van der Waals surface area contributed by atoms with Gasteiger partial charge in [0.15, 0.2) is 0 Å². The minimum atomic E-state index is -0.472. The fourth-order valence-electron chi connectivity index (χ4n) is 1.81. The first kappa shape index (κ1) is 14.8. The molecule has 0 amide bonds. The largest absolute Gasteiger partial charge is 0.382 e. The summed E-state index contributed by atoms with van der Waals surface area (Å²) in [5, 5.41) is 14.2. The van der Waals surface area contributed by atoms with Gasteiger partial charge in [-0.2, -0.15) is 0 Å². The van der Waals surface area contributed by atoms with Crippen molar-refractivity contribution in [3.8, 4) is 0 Å². The predicted molar refractivity (Wildman–Crippen MR) is 75.3 cm³/mol. The van der Waals surface area contributed by atoms with Gasteiger partial charge in [0, 0.05) is 17.8 Å². The molecule has 0 saturated heterocycles. The SMILES string of the molecule is CCCCC(CC)Nc1ccc([N+](=O)[O-])c(Cl)c1. The maximum absolute atomic E-state index is 10.7. The van der Waals surface area contributed by atoms with Crippen molar-refractivity contribution in [2.24, 2.45) is 0 Å². The van der Waals surface area contributed by atoms with E-state index in [2.05, 4.69) is 19.2 Å². The molecule has 0 aromatic heterocycles. The van der Waals surface area contributed by atoms with Gasteiger partial charge in [0.25, 0.3) is 5.69 Å². The van der Waals surface area contributed by atoms with Gasteiger partial charge in [-0.1, -0.05) is 38.3 Å². The van der Waals surface area contributed by atoms with Crippen LogP contribution < -0.4 is 5.32 Å². The second kappa shape index (κ2) is 7.21. The van der Waals surface area contributed by atoms with Crippen LogP contribution in [0.4, 0.5) is 11.4 Å². The molecule has 1 rings (SSSR count). The number of nitro benzene ring substituents is 1. The molecule has 0 aliphatic carbocycles. The third-order valence-corrected chi connectivity index (χ3v) is 3.22. The van der Waals surface area contributed by atoms with Gasteiger partial charge in [0.2, 0.25) is 0 Å². The van der Waals surface area contributed by atoms with Crippen LogP contribution in [0.25, 0.3) is 0 Å². The zero-order valence-electron chi connectivity index (χ0n) is 10.8. The summed E-state index contributed by atoms with van der Waals surface area (Å²) in [6, 6.07) is 5.16. The Kier molecular flexibility index (Phi) is 5.92. The number of unbranched alkanes of at least 4 members (excludes halogenated alkanes) is 1. The summed E-state index contributed by atoms with van der Waals surface area (Å²) in [6.07, 6.45) is 4.46. The smallest absolute Gasteiger partial charge is 0.288 e. The van der Waals surface area contributed by atoms with Crippen molar-refractivity contribution >= 4 is 23.0 Å². The molecule has 1 atom stereocenters. The zero-order valence-corrected chi connectivity index (χ0v) is 11.5. The lowest BCUT2D eigenvalue weighted by Crippen LogP contribution is -2.18. The Hall–Kier alpha value is -1.29. The number of rotatable bonds is 7. The number of nitro groups is 1. The van der Waals surface area contributed by atoms with E-state index >= 15 is 0 Å². The summed E-state index contributed by atoms with van der Waals surface area (Å²) in [6.45, 7) is 4.29. The van der Waals surface area contributed by atoms with Gasteiger partial charge < -0.3 is 5.32 Å². The van der Waals surface area contributed by atoms with Crippen molar-refractivity contribution < 1.29 is 4.92 Å². The molecule has 100 valence electrons. The molecule has 0 heterocycles. The normalized spacial score (nSPS) is 12.2. The first-order chi connectivity index (χ1) is 8.58. The zero-order chi connectivity index (χ0) is 13.5. The second-order valence-electron chi connectivity index (χ2n) is 4.32. The molecular formula is C13H19ClN2O2. The van der Waals surface area contributed by atoms with Gasteiger partial charge in [-0.05, 0) is 25.0 Å². The molecule has 1 N–H and O–H groups in total. The van der Waals surface area contributed by atoms with Crippen LogP contribution >= 0.6 is 11.6 Å². The van der Waals surface area contributed by atoms with Gasteiger partial charge in [0.05, 0.1) is 4.92 Å². The molecule has 1 aromatic rings. The summed E-state index contributed by atoms with van der Waals surface area (Å²) in [5.74, 6) is 0. The van der Waals surface area contributed by atoms with E-state index in [9.17, 15) is 10.1 Å². The molecule has 0 aliphatic rings. The maximum Gasteiger partial charge on any atom is 0.288 e. The fraction of sp³-hybridized carbons (Fsp3) is 0.538. The minimum absolute atomic E-state index is 0.0520. The fourth-order valence-corrected chi connectivity index (χ4v) is 2.06. The standard InChI is InChI=1S/C13H19ClN2O2/c1-3-5-6-10(4-2)15-11-7-8-13(16(17)18)12(14)9-11/h7-10,15H,3-6H2,1-2H3. The molecule has 0 bridgehead atoms. The molecule has 0 fully saturated rings. The summed E-state index contributed by atoms with van der Waals surface area (Å²) in [4.78, 5) is 10.2. The van der Waals surface area contributed by atoms with Gasteiger partial charge in [0.1, 0.15) is 5.02 Å². The van der Waals surface area contributed by atoms with E-state index < -0.39 is 4.92 Å². The summed E-state index contributed by atoms with van der Waals surface area (Å²) < 4.78 is 0. The first-order valence-electron chi connectivity index (χ1n) is 6.29. The predicted octanol–water partition coefficient (Wildman–Crippen LogP) is 4.63. The third kappa shape index (κ3) is 4.18. The van der Waals surface area contributed by atoms with Crippen molar-refractivity contribution in [3.63, 3.8) is 0 Å². The van der Waals surface area contributed by atoms with Crippen LogP contribution in [0.3, 0.4) is 0 Å². The molecule has 0 radical (unpaired) electrons. The second-order valence-corrected chi connectivity index (χ2v) is 4.72. The lowest BCUT2D eigenvalue weighted by Gasteiger charge is -2.18. The van der Waals surface area contributed by atoms with Crippen LogP contribution in [0.5, 0.6) is 0 Å². The van der Waals surface area contributed by atoms with E-state index in [0.29, 0.717) is 6.04 Å². The molecule has 0 saturated carbocycles. The Balaban J connectivity index is 2.72. The van der Waals surface area contributed by atoms with Crippen molar-refractivity contribution in [1.82, 2.24) is 0 Å². The first-order valence-corrected chi connectivity index (χ1v) is 6.66. The Morgan fingerprint density at radius 1 is 1.44 bits per heavy atom. The summed E-state index contributed by atoms with van der Waals surface area (Å²) >= 11 is 5.87. The summed E-state index contributed by atoms with van der Waals surface area (Å²) in [5.41, 5.74) is 0.789. The van der Waals surface area contributed by atoms with Crippen molar-refractivity contribution in [1.29, 1.82) is 0 Å². The number of hydrogen-bond acceptors (Lipinski definition) is 3. The third-order valence-electron chi connectivity index (χ3n) is 2.91. The lowest BCUT2D eigenvalue weighted by atomic mass is 10.1. The van der Waals surface area contributed by atoms with E-state index in [1.807, 2.05) is 0 Å². The highest BCUT2D eigenvalue weighted by atomic mass is 35.5. The average Bonchev–Trinajstić information content (AvgIpc) is 2.34. The number of nitrogens with zero attached hydrogens (tertiary/aromatic N) is 1. The Morgan fingerprint density at radius 2 is 2.17 bits per heavy atom. The molecule has 5 heteroatoms. The molecule has 1 aromatic carbocycles. The Labute approximate surface area is 112 Å². The highest BCUT2D eigenvalue weighted by Gasteiger charge is 2.13. The molecule has 4 nitrogen and oxygen atoms in total. The quantitative estimate of drug-likeness (QED) is 0.580. The number of hydrogen-bond donors (Lipinski definition) is 1. The van der Waals surface area contributed by atoms with Gasteiger partial charge >= 0.3 is 0 Å². The van der Waals surface area contributed by atoms with Crippen LogP contribution in [0.1, 0.15) is 39.5 Å². The van der Waals surface area contributed by atoms with E-state index in [1.165, 1.54) is 18.9 Å². The van der Waals surface area contributed by atoms with E-state index in [-0.39, 0.29) is 10.7 Å². The maximum atomic E-state index is 10.7. The highest BCUT2D eigenvalue weighted by Crippen LogP contribution is 2.28. The number of halogens is 1. The van der Waals surface area contributed by atoms with E-state index in [1.54, 1.807) is 12.1 Å². The lowest BCUT2D eigenvalue weighted by molar-refractivity contribution is -0.384. The van der Waals surface area contributed by atoms with Crippen molar-refractivity contribution in [2.75, 3.05) is 5.32 Å². The topological polar surface area (TPSA) is 55.2 Å². The van der Waals surface area contributed by atoms with Crippen LogP contribution in [0.2, 0.25) is 5.02 Å². The van der Waals surface area contributed by atoms with Crippen molar-refractivity contribution in [2.45, 2.75) is 45.6 Å². The molecule has 0 spiro atoms. The number of anilines is 1. The van der Waals surface area contributed by atoms with Crippen molar-refractivity contribution in [3.05, 3.63) is 33.3 Å². The molecule has 18 heavy (non-hydrogen) atoms. The van der Waals surface area contributed by atoms with Crippen LogP contribution in [-0.4, -0.2) is 11.0 Å². The molecular weight excluding hydrogens is 252 g/mol. The minimum Gasteiger partial charge on any atom is -0.382 e. The van der Waals surface area contributed by atoms with E-state index in [0.717, 1.165) is 18.5 Å². The van der Waals surface area contributed by atoms with Crippen LogP contribution in [-0.2, 0) is 0 Å². The monoisotopic (exact) mass is 270 g/mol. The average molecular weight is 271 g/mol. The van der Waals surface area contributed by atoms with Gasteiger partial charge in [-0.25, -0.2) is 0 Å². The number of benzene rings is 1. The van der Waals surface area contributed by atoms with E-state index in [4.69, 9.17) is 11.6 Å². The van der Waals surface area contributed by atoms with Crippen LogP contribution in [0.15, 0.2) is 18.2 Å². The Morgan fingerprint density at radius 3 is 2.67 bits per heavy atom. The Bertz CT molecular complexity index is 410. The van der Waals surface area contributed by atoms with Gasteiger partial charge in [-0.3, -0.25) is 10.1 Å².